The summed E-state index contributed by atoms with van der Waals surface area (Å²) in [5.74, 6) is -0.0409. The number of carbonyl (C=O) groups is 1. The molecule has 106 valence electrons. The maximum absolute atomic E-state index is 11.7. The third-order valence-electron chi connectivity index (χ3n) is 2.93. The van der Waals surface area contributed by atoms with Gasteiger partial charge in [0.05, 0.1) is 11.3 Å². The van der Waals surface area contributed by atoms with Crippen molar-refractivity contribution in [3.8, 4) is 6.07 Å². The summed E-state index contributed by atoms with van der Waals surface area (Å²) in [6, 6.07) is 13.1. The minimum atomic E-state index is -0.0409. The van der Waals surface area contributed by atoms with E-state index in [4.69, 9.17) is 5.26 Å². The summed E-state index contributed by atoms with van der Waals surface area (Å²) >= 11 is 0. The molecular weight excluding hydrogens is 264 g/mol. The summed E-state index contributed by atoms with van der Waals surface area (Å²) in [6.07, 6.45) is 3.77. The lowest BCUT2D eigenvalue weighted by Crippen LogP contribution is -2.25. The predicted octanol–water partition coefficient (Wildman–Crippen LogP) is 2.07. The fraction of sp³-hybridized carbons (Fsp3) is 0.188. The van der Waals surface area contributed by atoms with E-state index in [-0.39, 0.29) is 5.91 Å². The molecule has 0 radical (unpaired) electrons. The molecule has 0 bridgehead atoms. The molecule has 0 spiro atoms. The average Bonchev–Trinajstić information content (AvgIpc) is 2.54. The van der Waals surface area contributed by atoms with Crippen LogP contribution in [0.4, 0.5) is 5.69 Å². The Bertz CT molecular complexity index is 634. The summed E-state index contributed by atoms with van der Waals surface area (Å²) in [5, 5.41) is 14.9. The molecule has 0 unspecified atom stereocenters. The zero-order valence-corrected chi connectivity index (χ0v) is 11.5. The van der Waals surface area contributed by atoms with Crippen LogP contribution in [0.5, 0.6) is 0 Å². The van der Waals surface area contributed by atoms with Crippen LogP contribution >= 0.6 is 0 Å². The maximum Gasteiger partial charge on any atom is 0.222 e. The van der Waals surface area contributed by atoms with Gasteiger partial charge in [-0.2, -0.15) is 5.26 Å². The molecule has 0 fully saturated rings. The summed E-state index contributed by atoms with van der Waals surface area (Å²) in [5.41, 5.74) is 2.29. The number of nitrogens with one attached hydrogen (secondary N) is 2. The van der Waals surface area contributed by atoms with Crippen molar-refractivity contribution in [1.82, 2.24) is 10.3 Å². The lowest BCUT2D eigenvalue weighted by Gasteiger charge is -2.08. The number of aromatic nitrogens is 1. The Labute approximate surface area is 123 Å². The highest BCUT2D eigenvalue weighted by Crippen LogP contribution is 2.13. The molecule has 0 atom stereocenters. The van der Waals surface area contributed by atoms with Crippen molar-refractivity contribution in [3.63, 3.8) is 0 Å². The SMILES string of the molecule is N#Cc1ccccc1NCCC(=O)NCc1cccnc1. The molecule has 1 aromatic heterocycles. The minimum absolute atomic E-state index is 0.0409. The number of carbonyl (C=O) groups excluding carboxylic acids is 1. The molecule has 1 amide bonds. The second-order valence-electron chi connectivity index (χ2n) is 4.47. The van der Waals surface area contributed by atoms with Gasteiger partial charge in [0.1, 0.15) is 6.07 Å². The molecular formula is C16H16N4O. The average molecular weight is 280 g/mol. The summed E-state index contributed by atoms with van der Waals surface area (Å²) in [6.45, 7) is 0.957. The highest BCUT2D eigenvalue weighted by Gasteiger charge is 2.03. The van der Waals surface area contributed by atoms with Crippen LogP contribution in [0.3, 0.4) is 0 Å². The summed E-state index contributed by atoms with van der Waals surface area (Å²) < 4.78 is 0. The van der Waals surface area contributed by atoms with Crippen LogP contribution in [0.1, 0.15) is 17.5 Å². The smallest absolute Gasteiger partial charge is 0.222 e. The van der Waals surface area contributed by atoms with Crippen molar-refractivity contribution in [2.45, 2.75) is 13.0 Å². The first kappa shape index (κ1) is 14.5. The van der Waals surface area contributed by atoms with Gasteiger partial charge in [0, 0.05) is 31.9 Å². The van der Waals surface area contributed by atoms with E-state index in [0.29, 0.717) is 25.1 Å². The van der Waals surface area contributed by atoms with Crippen LogP contribution in [0.25, 0.3) is 0 Å². The van der Waals surface area contributed by atoms with Gasteiger partial charge in [-0.3, -0.25) is 9.78 Å². The highest BCUT2D eigenvalue weighted by atomic mass is 16.1. The van der Waals surface area contributed by atoms with E-state index in [0.717, 1.165) is 11.3 Å². The molecule has 2 rings (SSSR count). The second-order valence-corrected chi connectivity index (χ2v) is 4.47. The van der Waals surface area contributed by atoms with Crippen LogP contribution in [-0.4, -0.2) is 17.4 Å². The van der Waals surface area contributed by atoms with Crippen molar-refractivity contribution in [2.24, 2.45) is 0 Å². The van der Waals surface area contributed by atoms with Crippen molar-refractivity contribution >= 4 is 11.6 Å². The third kappa shape index (κ3) is 4.62. The lowest BCUT2D eigenvalue weighted by molar-refractivity contribution is -0.121. The molecule has 21 heavy (non-hydrogen) atoms. The van der Waals surface area contributed by atoms with Crippen LogP contribution in [-0.2, 0) is 11.3 Å². The number of rotatable bonds is 6. The first-order valence-corrected chi connectivity index (χ1v) is 6.68. The van der Waals surface area contributed by atoms with Crippen molar-refractivity contribution in [2.75, 3.05) is 11.9 Å². The maximum atomic E-state index is 11.7. The Morgan fingerprint density at radius 2 is 2.10 bits per heavy atom. The van der Waals surface area contributed by atoms with Crippen LogP contribution in [0, 0.1) is 11.3 Å². The fourth-order valence-electron chi connectivity index (χ4n) is 1.84. The van der Waals surface area contributed by atoms with Gasteiger partial charge in [-0.05, 0) is 23.8 Å². The summed E-state index contributed by atoms with van der Waals surface area (Å²) in [4.78, 5) is 15.7. The van der Waals surface area contributed by atoms with Crippen molar-refractivity contribution in [3.05, 3.63) is 59.9 Å². The number of hydrogen-bond donors (Lipinski definition) is 2. The van der Waals surface area contributed by atoms with Gasteiger partial charge in [0.15, 0.2) is 0 Å². The first-order chi connectivity index (χ1) is 10.3. The van der Waals surface area contributed by atoms with Crippen molar-refractivity contribution in [1.29, 1.82) is 5.26 Å². The van der Waals surface area contributed by atoms with Gasteiger partial charge in [-0.1, -0.05) is 18.2 Å². The largest absolute Gasteiger partial charge is 0.383 e. The van der Waals surface area contributed by atoms with Crippen molar-refractivity contribution < 1.29 is 4.79 Å². The van der Waals surface area contributed by atoms with E-state index >= 15 is 0 Å². The van der Waals surface area contributed by atoms with Gasteiger partial charge >= 0.3 is 0 Å². The summed E-state index contributed by atoms with van der Waals surface area (Å²) in [7, 11) is 0. The number of para-hydroxylation sites is 1. The normalized spacial score (nSPS) is 9.67. The Hall–Kier alpha value is -2.87. The quantitative estimate of drug-likeness (QED) is 0.849. The van der Waals surface area contributed by atoms with E-state index in [1.54, 1.807) is 18.5 Å². The number of nitrogens with zero attached hydrogens (tertiary/aromatic N) is 2. The minimum Gasteiger partial charge on any atom is -0.383 e. The molecule has 5 nitrogen and oxygen atoms in total. The van der Waals surface area contributed by atoms with Gasteiger partial charge < -0.3 is 10.6 Å². The van der Waals surface area contributed by atoms with Crippen LogP contribution in [0.15, 0.2) is 48.8 Å². The third-order valence-corrected chi connectivity index (χ3v) is 2.93. The highest BCUT2D eigenvalue weighted by molar-refractivity contribution is 5.76. The first-order valence-electron chi connectivity index (χ1n) is 6.68. The van der Waals surface area contributed by atoms with Crippen LogP contribution in [0.2, 0.25) is 0 Å². The number of nitriles is 1. The second kappa shape index (κ2) is 7.65. The Kier molecular flexibility index (Phi) is 5.30. The molecule has 5 heteroatoms. The number of pyridine rings is 1. The van der Waals surface area contributed by atoms with E-state index < -0.39 is 0 Å². The lowest BCUT2D eigenvalue weighted by atomic mass is 10.2. The predicted molar refractivity (Wildman–Crippen MR) is 80.3 cm³/mol. The van der Waals surface area contributed by atoms with Crippen LogP contribution < -0.4 is 10.6 Å². The standard InChI is InChI=1S/C16H16N4O/c17-10-14-5-1-2-6-15(14)19-9-7-16(21)20-12-13-4-3-8-18-11-13/h1-6,8,11,19H,7,9,12H2,(H,20,21). The molecule has 0 saturated carbocycles. The number of hydrogen-bond acceptors (Lipinski definition) is 4. The number of benzene rings is 1. The molecule has 0 aliphatic rings. The Morgan fingerprint density at radius 1 is 1.24 bits per heavy atom. The van der Waals surface area contributed by atoms with E-state index in [9.17, 15) is 4.79 Å². The molecule has 0 aliphatic carbocycles. The van der Waals surface area contributed by atoms with Gasteiger partial charge in [0.25, 0.3) is 0 Å². The monoisotopic (exact) mass is 280 g/mol. The van der Waals surface area contributed by atoms with E-state index in [1.807, 2.05) is 30.3 Å². The molecule has 1 heterocycles. The van der Waals surface area contributed by atoms with E-state index in [1.165, 1.54) is 0 Å². The Balaban J connectivity index is 1.73. The van der Waals surface area contributed by atoms with Gasteiger partial charge in [-0.25, -0.2) is 0 Å². The molecule has 1 aromatic carbocycles. The topological polar surface area (TPSA) is 77.8 Å². The molecule has 2 aromatic rings. The molecule has 2 N–H and O–H groups in total. The zero-order valence-electron chi connectivity index (χ0n) is 11.5. The van der Waals surface area contributed by atoms with E-state index in [2.05, 4.69) is 21.7 Å². The number of amides is 1. The number of anilines is 1. The van der Waals surface area contributed by atoms with Gasteiger partial charge in [-0.15, -0.1) is 0 Å². The molecule has 0 aliphatic heterocycles. The zero-order chi connectivity index (χ0) is 14.9. The Morgan fingerprint density at radius 3 is 2.86 bits per heavy atom. The molecule has 0 saturated heterocycles. The van der Waals surface area contributed by atoms with Gasteiger partial charge in [0.2, 0.25) is 5.91 Å². The fourth-order valence-corrected chi connectivity index (χ4v) is 1.84.